The highest BCUT2D eigenvalue weighted by molar-refractivity contribution is 6.30. The molecule has 1 amide bonds. The zero-order chi connectivity index (χ0) is 24.8. The summed E-state index contributed by atoms with van der Waals surface area (Å²) in [6.45, 7) is 6.47. The molecule has 2 aliphatic rings. The van der Waals surface area contributed by atoms with E-state index in [2.05, 4.69) is 28.4 Å². The van der Waals surface area contributed by atoms with Gasteiger partial charge < -0.3 is 10.1 Å². The third kappa shape index (κ3) is 6.83. The Morgan fingerprint density at radius 3 is 2.23 bits per heavy atom. The maximum atomic E-state index is 13.0. The molecule has 6 heteroatoms. The van der Waals surface area contributed by atoms with Gasteiger partial charge in [-0.1, -0.05) is 29.8 Å². The van der Waals surface area contributed by atoms with Crippen LogP contribution in [0.4, 0.5) is 0 Å². The van der Waals surface area contributed by atoms with Gasteiger partial charge in [0.05, 0.1) is 0 Å². The monoisotopic (exact) mass is 492 g/mol. The predicted octanol–water partition coefficient (Wildman–Crippen LogP) is 5.59. The average Bonchev–Trinajstić information content (AvgIpc) is 2.86. The molecule has 0 spiro atoms. The lowest BCUT2D eigenvalue weighted by Gasteiger charge is -2.34. The number of benzene rings is 2. The van der Waals surface area contributed by atoms with Gasteiger partial charge in [-0.25, -0.2) is 0 Å². The standard InChI is InChI=1S/C29H33ClN2O3/c1-29(2,28(34)31-25-16-18-32(19-17-25)20-21-6-4-3-5-7-21)35-26-14-10-23(11-15-26)27(33)22-8-12-24(30)13-9-22/h4,6-15,25H,3,5,16-20H2,1-2H3,(H,31,34). The van der Waals surface area contributed by atoms with Crippen LogP contribution in [-0.2, 0) is 4.79 Å². The van der Waals surface area contributed by atoms with Crippen LogP contribution in [0, 0.1) is 0 Å². The smallest absolute Gasteiger partial charge is 0.263 e. The summed E-state index contributed by atoms with van der Waals surface area (Å²) in [7, 11) is 0. The molecule has 1 saturated heterocycles. The van der Waals surface area contributed by atoms with Crippen LogP contribution >= 0.6 is 11.6 Å². The molecule has 0 bridgehead atoms. The van der Waals surface area contributed by atoms with Crippen LogP contribution in [0.15, 0.2) is 72.3 Å². The van der Waals surface area contributed by atoms with Crippen LogP contribution in [0.2, 0.25) is 5.02 Å². The topological polar surface area (TPSA) is 58.6 Å². The molecule has 5 nitrogen and oxygen atoms in total. The van der Waals surface area contributed by atoms with Gasteiger partial charge in [-0.05, 0) is 93.6 Å². The lowest BCUT2D eigenvalue weighted by atomic mass is 10.0. The van der Waals surface area contributed by atoms with Crippen molar-refractivity contribution in [1.82, 2.24) is 10.2 Å². The number of likely N-dealkylation sites (tertiary alicyclic amines) is 1. The molecule has 2 aromatic rings. The van der Waals surface area contributed by atoms with Gasteiger partial charge in [0.2, 0.25) is 0 Å². The molecule has 0 unspecified atom stereocenters. The molecule has 0 saturated carbocycles. The zero-order valence-corrected chi connectivity index (χ0v) is 21.2. The summed E-state index contributed by atoms with van der Waals surface area (Å²) in [6.07, 6.45) is 10.9. The number of rotatable bonds is 8. The van der Waals surface area contributed by atoms with Crippen molar-refractivity contribution in [2.24, 2.45) is 0 Å². The summed E-state index contributed by atoms with van der Waals surface area (Å²) in [5.41, 5.74) is 1.49. The van der Waals surface area contributed by atoms with E-state index in [4.69, 9.17) is 16.3 Å². The number of carbonyl (C=O) groups excluding carboxylic acids is 2. The van der Waals surface area contributed by atoms with E-state index >= 15 is 0 Å². The summed E-state index contributed by atoms with van der Waals surface area (Å²) in [6, 6.07) is 13.8. The molecule has 184 valence electrons. The van der Waals surface area contributed by atoms with E-state index in [0.29, 0.717) is 21.9 Å². The van der Waals surface area contributed by atoms with Crippen molar-refractivity contribution in [2.75, 3.05) is 19.6 Å². The Bertz CT molecular complexity index is 1100. The van der Waals surface area contributed by atoms with Crippen molar-refractivity contribution in [1.29, 1.82) is 0 Å². The Morgan fingerprint density at radius 1 is 1.00 bits per heavy atom. The van der Waals surface area contributed by atoms with Gasteiger partial charge in [0.15, 0.2) is 11.4 Å². The van der Waals surface area contributed by atoms with Crippen molar-refractivity contribution in [2.45, 2.75) is 51.2 Å². The number of carbonyl (C=O) groups is 2. The molecule has 1 heterocycles. The molecule has 2 aromatic carbocycles. The maximum Gasteiger partial charge on any atom is 0.263 e. The molecule has 35 heavy (non-hydrogen) atoms. The molecular formula is C29H33ClN2O3. The van der Waals surface area contributed by atoms with Crippen molar-refractivity contribution in [3.63, 3.8) is 0 Å². The molecule has 0 aromatic heterocycles. The molecule has 0 atom stereocenters. The lowest BCUT2D eigenvalue weighted by Crippen LogP contribution is -2.52. The molecule has 1 N–H and O–H groups in total. The van der Waals surface area contributed by atoms with Gasteiger partial charge in [-0.2, -0.15) is 0 Å². The number of hydrogen-bond acceptors (Lipinski definition) is 4. The number of halogens is 1. The second-order valence-corrected chi connectivity index (χ2v) is 10.2. The Labute approximate surface area is 212 Å². The molecule has 0 radical (unpaired) electrons. The fraction of sp³-hybridized carbons (Fsp3) is 0.379. The largest absolute Gasteiger partial charge is 0.478 e. The maximum absolute atomic E-state index is 13.0. The average molecular weight is 493 g/mol. The third-order valence-corrected chi connectivity index (χ3v) is 6.80. The second kappa shape index (κ2) is 11.2. The van der Waals surface area contributed by atoms with E-state index in [1.54, 1.807) is 62.4 Å². The minimum Gasteiger partial charge on any atom is -0.478 e. The van der Waals surface area contributed by atoms with Crippen molar-refractivity contribution in [3.05, 3.63) is 88.5 Å². The van der Waals surface area contributed by atoms with E-state index in [0.717, 1.165) is 45.3 Å². The van der Waals surface area contributed by atoms with Crippen LogP contribution in [0.5, 0.6) is 5.75 Å². The van der Waals surface area contributed by atoms with Crippen LogP contribution in [0.25, 0.3) is 0 Å². The third-order valence-electron chi connectivity index (χ3n) is 6.54. The summed E-state index contributed by atoms with van der Waals surface area (Å²) in [5, 5.41) is 3.76. The quantitative estimate of drug-likeness (QED) is 0.488. The number of nitrogens with zero attached hydrogens (tertiary/aromatic N) is 1. The minimum atomic E-state index is -1.03. The Morgan fingerprint density at radius 2 is 1.63 bits per heavy atom. The first kappa shape index (κ1) is 25.2. The zero-order valence-electron chi connectivity index (χ0n) is 20.4. The fourth-order valence-electron chi connectivity index (χ4n) is 4.42. The van der Waals surface area contributed by atoms with Crippen molar-refractivity contribution < 1.29 is 14.3 Å². The van der Waals surface area contributed by atoms with Crippen LogP contribution in [0.3, 0.4) is 0 Å². The number of allylic oxidation sites excluding steroid dienone is 2. The first-order valence-corrected chi connectivity index (χ1v) is 12.7. The van der Waals surface area contributed by atoms with E-state index in [-0.39, 0.29) is 17.7 Å². The normalized spacial score (nSPS) is 17.1. The molecular weight excluding hydrogens is 460 g/mol. The number of ether oxygens (including phenoxy) is 1. The van der Waals surface area contributed by atoms with Crippen LogP contribution in [0.1, 0.15) is 55.5 Å². The molecule has 4 rings (SSSR count). The van der Waals surface area contributed by atoms with E-state index in [9.17, 15) is 9.59 Å². The highest BCUT2D eigenvalue weighted by atomic mass is 35.5. The molecule has 1 aliphatic carbocycles. The summed E-state index contributed by atoms with van der Waals surface area (Å²) in [5.74, 6) is 0.323. The van der Waals surface area contributed by atoms with Gasteiger partial charge >= 0.3 is 0 Å². The summed E-state index contributed by atoms with van der Waals surface area (Å²) < 4.78 is 6.02. The number of nitrogens with one attached hydrogen (secondary N) is 1. The highest BCUT2D eigenvalue weighted by Crippen LogP contribution is 2.22. The van der Waals surface area contributed by atoms with Gasteiger partial charge in [0, 0.05) is 41.8 Å². The van der Waals surface area contributed by atoms with Crippen molar-refractivity contribution in [3.8, 4) is 5.75 Å². The number of ketones is 1. The number of hydrogen-bond donors (Lipinski definition) is 1. The SMILES string of the molecule is CC(C)(Oc1ccc(C(=O)c2ccc(Cl)cc2)cc1)C(=O)NC1CCN(CC2=CCCC=C2)CC1. The van der Waals surface area contributed by atoms with Gasteiger partial charge in [0.25, 0.3) is 5.91 Å². The Balaban J connectivity index is 1.27. The first-order valence-electron chi connectivity index (χ1n) is 12.3. The predicted molar refractivity (Wildman–Crippen MR) is 140 cm³/mol. The van der Waals surface area contributed by atoms with Gasteiger partial charge in [-0.15, -0.1) is 0 Å². The molecule has 1 fully saturated rings. The van der Waals surface area contributed by atoms with E-state index in [1.807, 2.05) is 0 Å². The number of amides is 1. The van der Waals surface area contributed by atoms with Gasteiger partial charge in [0.1, 0.15) is 5.75 Å². The molecule has 1 aliphatic heterocycles. The lowest BCUT2D eigenvalue weighted by molar-refractivity contribution is -0.135. The van der Waals surface area contributed by atoms with Gasteiger partial charge in [-0.3, -0.25) is 14.5 Å². The highest BCUT2D eigenvalue weighted by Gasteiger charge is 2.32. The Hall–Kier alpha value is -2.89. The summed E-state index contributed by atoms with van der Waals surface area (Å²) >= 11 is 5.91. The number of piperidine rings is 1. The first-order chi connectivity index (χ1) is 16.8. The summed E-state index contributed by atoms with van der Waals surface area (Å²) in [4.78, 5) is 28.1. The van der Waals surface area contributed by atoms with Crippen molar-refractivity contribution >= 4 is 23.3 Å². The van der Waals surface area contributed by atoms with E-state index in [1.165, 1.54) is 5.57 Å². The fourth-order valence-corrected chi connectivity index (χ4v) is 4.55. The minimum absolute atomic E-state index is 0.0904. The van der Waals surface area contributed by atoms with E-state index < -0.39 is 5.60 Å². The second-order valence-electron chi connectivity index (χ2n) is 9.76. The Kier molecular flexibility index (Phi) is 8.09. The van der Waals surface area contributed by atoms with Crippen LogP contribution in [-0.4, -0.2) is 47.9 Å². The van der Waals surface area contributed by atoms with Crippen LogP contribution < -0.4 is 10.1 Å².